The minimum Gasteiger partial charge on any atom is -0.507 e. The fourth-order valence-electron chi connectivity index (χ4n) is 5.22. The number of fused-ring (bicyclic) bond motifs is 1. The van der Waals surface area contributed by atoms with Crippen molar-refractivity contribution in [2.24, 2.45) is 5.10 Å². The molecule has 2 N–H and O–H groups in total. The molecule has 39 heavy (non-hydrogen) atoms. The molecule has 0 bridgehead atoms. The summed E-state index contributed by atoms with van der Waals surface area (Å²) in [4.78, 5) is 28.4. The summed E-state index contributed by atoms with van der Waals surface area (Å²) in [5.74, 6) is -0.790. The number of aromatic hydroxyl groups is 1. The van der Waals surface area contributed by atoms with Gasteiger partial charge in [-0.15, -0.1) is 0 Å². The molecule has 200 valence electrons. The van der Waals surface area contributed by atoms with Crippen LogP contribution in [0.5, 0.6) is 5.75 Å². The maximum Gasteiger partial charge on any atom is 0.343 e. The molecule has 4 aromatic rings. The molecule has 1 aliphatic rings. The van der Waals surface area contributed by atoms with Gasteiger partial charge in [0.05, 0.1) is 17.4 Å². The number of amides is 1. The molecule has 1 aliphatic heterocycles. The summed E-state index contributed by atoms with van der Waals surface area (Å²) >= 11 is 0. The third-order valence-electron chi connectivity index (χ3n) is 7.27. The Balaban J connectivity index is 1.47. The number of hydrogen-bond acceptors (Lipinski definition) is 6. The number of nitrogens with one attached hydrogen (secondary N) is 1. The molecular weight excluding hydrogens is 490 g/mol. The summed E-state index contributed by atoms with van der Waals surface area (Å²) in [6, 6.07) is 26.1. The fraction of sp³-hybridized carbons (Fsp3) is 0.281. The molecule has 2 heterocycles. The van der Waals surface area contributed by atoms with Crippen molar-refractivity contribution in [3.05, 3.63) is 112 Å². The van der Waals surface area contributed by atoms with Gasteiger partial charge in [0.15, 0.2) is 0 Å². The Hall–Kier alpha value is -4.23. The lowest BCUT2D eigenvalue weighted by Gasteiger charge is -2.21. The van der Waals surface area contributed by atoms with Crippen molar-refractivity contribution in [2.75, 3.05) is 19.6 Å². The lowest BCUT2D eigenvalue weighted by molar-refractivity contribution is -0.120. The Bertz CT molecular complexity index is 1490. The molecule has 7 nitrogen and oxygen atoms in total. The molecule has 0 spiro atoms. The highest BCUT2D eigenvalue weighted by atomic mass is 16.4. The van der Waals surface area contributed by atoms with E-state index in [1.807, 2.05) is 60.7 Å². The molecule has 0 unspecified atom stereocenters. The van der Waals surface area contributed by atoms with Crippen molar-refractivity contribution in [1.82, 2.24) is 10.3 Å². The number of hydrogen-bond donors (Lipinski definition) is 2. The van der Waals surface area contributed by atoms with Crippen molar-refractivity contribution in [3.63, 3.8) is 0 Å². The maximum absolute atomic E-state index is 13.2. The van der Waals surface area contributed by atoms with E-state index in [1.165, 1.54) is 12.8 Å². The molecule has 3 aromatic carbocycles. The van der Waals surface area contributed by atoms with Crippen LogP contribution in [0.2, 0.25) is 0 Å². The van der Waals surface area contributed by atoms with Crippen molar-refractivity contribution in [1.29, 1.82) is 0 Å². The van der Waals surface area contributed by atoms with Crippen LogP contribution in [0.15, 0.2) is 99.2 Å². The minimum atomic E-state index is -0.577. The summed E-state index contributed by atoms with van der Waals surface area (Å²) in [5.41, 5.74) is 5.22. The molecule has 0 radical (unpaired) electrons. The van der Waals surface area contributed by atoms with Crippen LogP contribution >= 0.6 is 0 Å². The number of para-hydroxylation sites is 1. The summed E-state index contributed by atoms with van der Waals surface area (Å²) in [6.07, 6.45) is 3.56. The fourth-order valence-corrected chi connectivity index (χ4v) is 5.22. The highest BCUT2D eigenvalue weighted by Gasteiger charge is 2.27. The number of rotatable bonds is 10. The van der Waals surface area contributed by atoms with Crippen LogP contribution in [-0.4, -0.2) is 41.3 Å². The number of likely N-dealkylation sites (tertiary alicyclic amines) is 1. The zero-order valence-electron chi connectivity index (χ0n) is 21.9. The van der Waals surface area contributed by atoms with Crippen LogP contribution in [0.25, 0.3) is 11.0 Å². The maximum atomic E-state index is 13.2. The van der Waals surface area contributed by atoms with E-state index in [1.54, 1.807) is 24.3 Å². The van der Waals surface area contributed by atoms with Crippen LogP contribution < -0.4 is 11.1 Å². The second kappa shape index (κ2) is 12.5. The van der Waals surface area contributed by atoms with Gasteiger partial charge in [0.25, 0.3) is 0 Å². The first-order valence-corrected chi connectivity index (χ1v) is 13.5. The average Bonchev–Trinajstić information content (AvgIpc) is 3.48. The van der Waals surface area contributed by atoms with E-state index < -0.39 is 11.5 Å². The van der Waals surface area contributed by atoms with Crippen LogP contribution in [0.1, 0.15) is 48.3 Å². The minimum absolute atomic E-state index is 0.0808. The van der Waals surface area contributed by atoms with Gasteiger partial charge in [-0.1, -0.05) is 72.8 Å². The largest absolute Gasteiger partial charge is 0.507 e. The van der Waals surface area contributed by atoms with E-state index in [-0.39, 0.29) is 23.6 Å². The lowest BCUT2D eigenvalue weighted by atomic mass is 9.86. The van der Waals surface area contributed by atoms with Crippen LogP contribution in [0.4, 0.5) is 0 Å². The number of carbonyl (C=O) groups is 1. The van der Waals surface area contributed by atoms with Gasteiger partial charge in [-0.25, -0.2) is 10.2 Å². The molecule has 1 saturated heterocycles. The van der Waals surface area contributed by atoms with Gasteiger partial charge < -0.3 is 14.4 Å². The van der Waals surface area contributed by atoms with Crippen molar-refractivity contribution >= 4 is 22.6 Å². The van der Waals surface area contributed by atoms with Crippen LogP contribution in [0.3, 0.4) is 0 Å². The van der Waals surface area contributed by atoms with Gasteiger partial charge in [-0.2, -0.15) is 5.10 Å². The Labute approximate surface area is 227 Å². The van der Waals surface area contributed by atoms with Crippen molar-refractivity contribution in [2.45, 2.75) is 38.0 Å². The Morgan fingerprint density at radius 1 is 0.949 bits per heavy atom. The smallest absolute Gasteiger partial charge is 0.343 e. The lowest BCUT2D eigenvalue weighted by Crippen LogP contribution is -2.27. The topological polar surface area (TPSA) is 95.1 Å². The average molecular weight is 524 g/mol. The Kier molecular flexibility index (Phi) is 8.48. The Morgan fingerprint density at radius 3 is 2.36 bits per heavy atom. The van der Waals surface area contributed by atoms with Crippen molar-refractivity contribution < 1.29 is 14.3 Å². The molecule has 1 amide bonds. The first-order chi connectivity index (χ1) is 19.1. The molecule has 1 fully saturated rings. The third kappa shape index (κ3) is 6.62. The molecule has 1 aromatic heterocycles. The van der Waals surface area contributed by atoms with E-state index in [2.05, 4.69) is 15.4 Å². The quantitative estimate of drug-likeness (QED) is 0.169. The SMILES string of the molecule is O=C(Cc1ccccc1)N/N=C(\CCN1CCCC1)C[C@@H](c1ccccc1)c1c(O)c2ccccc2oc1=O. The zero-order chi connectivity index (χ0) is 27.0. The normalized spacial score (nSPS) is 14.9. The highest BCUT2D eigenvalue weighted by molar-refractivity contribution is 5.89. The number of nitrogens with zero attached hydrogens (tertiary/aromatic N) is 2. The van der Waals surface area contributed by atoms with Crippen molar-refractivity contribution in [3.8, 4) is 5.75 Å². The molecular formula is C32H33N3O4. The summed E-state index contributed by atoms with van der Waals surface area (Å²) < 4.78 is 5.63. The number of carbonyl (C=O) groups excluding carboxylic acids is 1. The van der Waals surface area contributed by atoms with Gasteiger partial charge in [0, 0.05) is 24.6 Å². The Morgan fingerprint density at radius 2 is 1.62 bits per heavy atom. The second-order valence-electron chi connectivity index (χ2n) is 9.99. The monoisotopic (exact) mass is 523 g/mol. The van der Waals surface area contributed by atoms with Gasteiger partial charge in [-0.3, -0.25) is 4.79 Å². The number of hydrazone groups is 1. The molecule has 7 heteroatoms. The summed E-state index contributed by atoms with van der Waals surface area (Å²) in [7, 11) is 0. The van der Waals surface area contributed by atoms with Gasteiger partial charge in [0.2, 0.25) is 5.91 Å². The van der Waals surface area contributed by atoms with E-state index in [0.717, 1.165) is 36.5 Å². The molecule has 1 atom stereocenters. The predicted molar refractivity (Wildman–Crippen MR) is 153 cm³/mol. The van der Waals surface area contributed by atoms with Gasteiger partial charge in [0.1, 0.15) is 11.3 Å². The van der Waals surface area contributed by atoms with E-state index in [0.29, 0.717) is 23.8 Å². The molecule has 0 aliphatic carbocycles. The molecule has 0 saturated carbocycles. The first kappa shape index (κ1) is 26.4. The molecule has 5 rings (SSSR count). The summed E-state index contributed by atoms with van der Waals surface area (Å²) in [6.45, 7) is 2.91. The number of benzene rings is 3. The summed E-state index contributed by atoms with van der Waals surface area (Å²) in [5, 5.41) is 16.3. The van der Waals surface area contributed by atoms with E-state index in [4.69, 9.17) is 4.42 Å². The van der Waals surface area contributed by atoms with E-state index in [9.17, 15) is 14.7 Å². The van der Waals surface area contributed by atoms with Gasteiger partial charge in [-0.05, 0) is 55.6 Å². The first-order valence-electron chi connectivity index (χ1n) is 13.5. The predicted octanol–water partition coefficient (Wildman–Crippen LogP) is 5.22. The second-order valence-corrected chi connectivity index (χ2v) is 9.99. The van der Waals surface area contributed by atoms with E-state index >= 15 is 0 Å². The van der Waals surface area contributed by atoms with Crippen LogP contribution in [0, 0.1) is 0 Å². The highest BCUT2D eigenvalue weighted by Crippen LogP contribution is 2.36. The standard InChI is InChI=1S/C32H33N3O4/c36-29(21-23-11-3-1-4-12-23)34-33-25(17-20-35-18-9-10-19-35)22-27(24-13-5-2-6-14-24)30-31(37)26-15-7-8-16-28(26)39-32(30)38/h1-8,11-16,27,37H,9-10,17-22H2,(H,34,36)/b33-25+/t27-/m0/s1. The van der Waals surface area contributed by atoms with Crippen LogP contribution in [-0.2, 0) is 11.2 Å². The zero-order valence-corrected chi connectivity index (χ0v) is 21.9. The van der Waals surface area contributed by atoms with Gasteiger partial charge >= 0.3 is 5.63 Å². The third-order valence-corrected chi connectivity index (χ3v) is 7.27.